The zero-order valence-electron chi connectivity index (χ0n) is 15.7. The van der Waals surface area contributed by atoms with Crippen LogP contribution in [0.25, 0.3) is 0 Å². The number of hydrogen-bond acceptors (Lipinski definition) is 6. The number of nitrogens with zero attached hydrogens (tertiary/aromatic N) is 3. The summed E-state index contributed by atoms with van der Waals surface area (Å²) in [6.07, 6.45) is 5.12. The van der Waals surface area contributed by atoms with Gasteiger partial charge in [0.1, 0.15) is 5.66 Å². The number of hydrogen-bond donors (Lipinski definition) is 3. The lowest BCUT2D eigenvalue weighted by Gasteiger charge is -2.46. The van der Waals surface area contributed by atoms with Crippen LogP contribution in [0, 0.1) is 6.92 Å². The molecule has 1 spiro atoms. The predicted molar refractivity (Wildman–Crippen MR) is 105 cm³/mol. The molecule has 1 amide bonds. The van der Waals surface area contributed by atoms with E-state index in [0.717, 1.165) is 36.9 Å². The van der Waals surface area contributed by atoms with Gasteiger partial charge in [0.15, 0.2) is 0 Å². The second-order valence-electron chi connectivity index (χ2n) is 7.45. The molecule has 0 unspecified atom stereocenters. The van der Waals surface area contributed by atoms with Gasteiger partial charge in [0, 0.05) is 17.3 Å². The van der Waals surface area contributed by atoms with Gasteiger partial charge in [-0.1, -0.05) is 6.42 Å². The minimum absolute atomic E-state index is 0.0791. The first-order chi connectivity index (χ1) is 12.3. The third-order valence-corrected chi connectivity index (χ3v) is 4.97. The fraction of sp³-hybridized carbons (Fsp3) is 0.526. The van der Waals surface area contributed by atoms with Crippen LogP contribution in [-0.2, 0) is 0 Å². The zero-order chi connectivity index (χ0) is 18.9. The molecule has 0 radical (unpaired) electrons. The fourth-order valence-electron chi connectivity index (χ4n) is 3.86. The number of guanidine groups is 2. The lowest BCUT2D eigenvalue weighted by molar-refractivity contribution is 0.0943. The van der Waals surface area contributed by atoms with Gasteiger partial charge in [0.25, 0.3) is 5.91 Å². The second kappa shape index (κ2) is 6.97. The highest BCUT2D eigenvalue weighted by atomic mass is 16.1. The Bertz CT molecular complexity index is 761. The number of carbonyl (C=O) groups is 1. The molecule has 7 heteroatoms. The van der Waals surface area contributed by atoms with Gasteiger partial charge in [-0.05, 0) is 70.2 Å². The van der Waals surface area contributed by atoms with Crippen LogP contribution in [0.1, 0.15) is 61.9 Å². The molecule has 0 saturated heterocycles. The van der Waals surface area contributed by atoms with E-state index in [1.807, 2.05) is 43.9 Å². The molecule has 26 heavy (non-hydrogen) atoms. The van der Waals surface area contributed by atoms with Crippen LogP contribution < -0.4 is 21.7 Å². The molecule has 0 atom stereocenters. The van der Waals surface area contributed by atoms with Crippen LogP contribution in [0.4, 0.5) is 5.69 Å². The van der Waals surface area contributed by atoms with E-state index in [1.165, 1.54) is 6.42 Å². The van der Waals surface area contributed by atoms with Crippen molar-refractivity contribution >= 4 is 23.5 Å². The van der Waals surface area contributed by atoms with E-state index in [4.69, 9.17) is 16.5 Å². The Morgan fingerprint density at radius 1 is 1.23 bits per heavy atom. The number of anilines is 1. The summed E-state index contributed by atoms with van der Waals surface area (Å²) in [5, 5.41) is 2.92. The first kappa shape index (κ1) is 18.2. The van der Waals surface area contributed by atoms with Crippen LogP contribution in [0.5, 0.6) is 0 Å². The minimum Gasteiger partial charge on any atom is -0.369 e. The van der Waals surface area contributed by atoms with Gasteiger partial charge in [0.05, 0.1) is 0 Å². The number of benzene rings is 1. The number of aryl methyl sites for hydroxylation is 1. The minimum atomic E-state index is -0.472. The Morgan fingerprint density at radius 3 is 2.54 bits per heavy atom. The Hall–Kier alpha value is -2.57. The van der Waals surface area contributed by atoms with Gasteiger partial charge in [-0.3, -0.25) is 9.69 Å². The van der Waals surface area contributed by atoms with E-state index in [2.05, 4.69) is 10.3 Å². The molecule has 1 fully saturated rings. The molecule has 1 aliphatic carbocycles. The molecule has 0 bridgehead atoms. The van der Waals surface area contributed by atoms with Gasteiger partial charge < -0.3 is 16.8 Å². The molecule has 1 aliphatic heterocycles. The van der Waals surface area contributed by atoms with E-state index in [-0.39, 0.29) is 17.9 Å². The summed E-state index contributed by atoms with van der Waals surface area (Å²) in [5.74, 6) is 0.526. The number of rotatable bonds is 3. The predicted octanol–water partition coefficient (Wildman–Crippen LogP) is 2.24. The quantitative estimate of drug-likeness (QED) is 0.771. The SMILES string of the molecule is Cc1cc(C(=O)NC(C)C)ccc1N1C(N)=NC(N)=NC12CCCCC2. The summed E-state index contributed by atoms with van der Waals surface area (Å²) in [5.41, 5.74) is 14.2. The lowest BCUT2D eigenvalue weighted by atomic mass is 9.87. The number of aliphatic imine (C=N–C) groups is 2. The molecular formula is C19H28N6O. The number of nitrogens with one attached hydrogen (secondary N) is 1. The van der Waals surface area contributed by atoms with Crippen LogP contribution >= 0.6 is 0 Å². The van der Waals surface area contributed by atoms with Crippen molar-refractivity contribution < 1.29 is 4.79 Å². The maximum atomic E-state index is 12.3. The van der Waals surface area contributed by atoms with Crippen molar-refractivity contribution in [1.82, 2.24) is 5.32 Å². The highest BCUT2D eigenvalue weighted by molar-refractivity contribution is 6.06. The van der Waals surface area contributed by atoms with E-state index in [0.29, 0.717) is 11.5 Å². The van der Waals surface area contributed by atoms with Crippen LogP contribution in [0.3, 0.4) is 0 Å². The number of amides is 1. The first-order valence-electron chi connectivity index (χ1n) is 9.24. The second-order valence-corrected chi connectivity index (χ2v) is 7.45. The summed E-state index contributed by atoms with van der Waals surface area (Å²) in [6, 6.07) is 5.74. The molecule has 1 aromatic rings. The molecule has 140 valence electrons. The molecule has 7 nitrogen and oxygen atoms in total. The smallest absolute Gasteiger partial charge is 0.251 e. The Labute approximate surface area is 154 Å². The lowest BCUT2D eigenvalue weighted by Crippen LogP contribution is -2.58. The van der Waals surface area contributed by atoms with Gasteiger partial charge in [0.2, 0.25) is 11.9 Å². The van der Waals surface area contributed by atoms with Crippen molar-refractivity contribution in [3.63, 3.8) is 0 Å². The fourth-order valence-corrected chi connectivity index (χ4v) is 3.86. The summed E-state index contributed by atoms with van der Waals surface area (Å²) in [7, 11) is 0. The normalized spacial score (nSPS) is 19.3. The van der Waals surface area contributed by atoms with E-state index in [1.54, 1.807) is 0 Å². The maximum Gasteiger partial charge on any atom is 0.251 e. The van der Waals surface area contributed by atoms with Gasteiger partial charge >= 0.3 is 0 Å². The molecule has 1 heterocycles. The summed E-state index contributed by atoms with van der Waals surface area (Å²) < 4.78 is 0. The molecule has 2 aliphatic rings. The van der Waals surface area contributed by atoms with Gasteiger partial charge in [-0.25, -0.2) is 4.99 Å². The number of nitrogens with two attached hydrogens (primary N) is 2. The van der Waals surface area contributed by atoms with Gasteiger partial charge in [-0.15, -0.1) is 0 Å². The van der Waals surface area contributed by atoms with Crippen molar-refractivity contribution in [3.05, 3.63) is 29.3 Å². The molecular weight excluding hydrogens is 328 g/mol. The Kier molecular flexibility index (Phi) is 4.89. The molecule has 3 rings (SSSR count). The van der Waals surface area contributed by atoms with Gasteiger partial charge in [-0.2, -0.15) is 4.99 Å². The van der Waals surface area contributed by atoms with Crippen LogP contribution in [0.15, 0.2) is 28.2 Å². The molecule has 5 N–H and O–H groups in total. The molecule has 0 aromatic heterocycles. The van der Waals surface area contributed by atoms with Crippen molar-refractivity contribution in [2.45, 2.75) is 64.6 Å². The standard InChI is InChI=1S/C19H28N6O/c1-12(2)22-16(26)14-7-8-15(13(3)11-14)25-18(21)23-17(20)24-19(25)9-5-4-6-10-19/h7-8,11-12H,4-6,9-10H2,1-3H3,(H,22,26)(H4,20,21,23,24). The Balaban J connectivity index is 1.98. The molecule has 1 saturated carbocycles. The van der Waals surface area contributed by atoms with Crippen molar-refractivity contribution in [2.24, 2.45) is 21.5 Å². The third kappa shape index (κ3) is 3.38. The largest absolute Gasteiger partial charge is 0.369 e. The highest BCUT2D eigenvalue weighted by Gasteiger charge is 2.43. The maximum absolute atomic E-state index is 12.3. The van der Waals surface area contributed by atoms with Crippen molar-refractivity contribution in [2.75, 3.05) is 4.90 Å². The first-order valence-corrected chi connectivity index (χ1v) is 9.24. The van der Waals surface area contributed by atoms with Crippen LogP contribution in [-0.4, -0.2) is 29.5 Å². The van der Waals surface area contributed by atoms with E-state index in [9.17, 15) is 4.79 Å². The van der Waals surface area contributed by atoms with Crippen molar-refractivity contribution in [1.29, 1.82) is 0 Å². The van der Waals surface area contributed by atoms with E-state index >= 15 is 0 Å². The average molecular weight is 356 g/mol. The monoisotopic (exact) mass is 356 g/mol. The zero-order valence-corrected chi connectivity index (χ0v) is 15.7. The van der Waals surface area contributed by atoms with Crippen molar-refractivity contribution in [3.8, 4) is 0 Å². The number of carbonyl (C=O) groups excluding carboxylic acids is 1. The average Bonchev–Trinajstić information content (AvgIpc) is 2.55. The highest BCUT2D eigenvalue weighted by Crippen LogP contribution is 2.40. The van der Waals surface area contributed by atoms with E-state index < -0.39 is 5.66 Å². The van der Waals surface area contributed by atoms with Crippen LogP contribution in [0.2, 0.25) is 0 Å². The summed E-state index contributed by atoms with van der Waals surface area (Å²) in [4.78, 5) is 23.2. The topological polar surface area (TPSA) is 109 Å². The molecule has 1 aromatic carbocycles. The Morgan fingerprint density at radius 2 is 1.92 bits per heavy atom. The summed E-state index contributed by atoms with van der Waals surface area (Å²) >= 11 is 0. The third-order valence-electron chi connectivity index (χ3n) is 4.97. The summed E-state index contributed by atoms with van der Waals surface area (Å²) in [6.45, 7) is 5.87.